The third kappa shape index (κ3) is 3.32. The van der Waals surface area contributed by atoms with Crippen molar-refractivity contribution in [1.82, 2.24) is 24.1 Å². The Morgan fingerprint density at radius 2 is 2.16 bits per heavy atom. The molecule has 3 aromatic heterocycles. The molecule has 4 heterocycles. The van der Waals surface area contributed by atoms with Crippen LogP contribution in [0.15, 0.2) is 33.8 Å². The molecule has 0 amide bonds. The number of imidazole rings is 1. The van der Waals surface area contributed by atoms with E-state index in [9.17, 15) is 4.79 Å². The van der Waals surface area contributed by atoms with E-state index in [1.165, 1.54) is 0 Å². The van der Waals surface area contributed by atoms with Crippen molar-refractivity contribution < 1.29 is 14.0 Å². The molecule has 0 aliphatic carbocycles. The van der Waals surface area contributed by atoms with E-state index in [-0.39, 0.29) is 29.1 Å². The molecule has 0 saturated carbocycles. The molecule has 5 rings (SSSR count). The predicted molar refractivity (Wildman–Crippen MR) is 119 cm³/mol. The molecule has 2 atom stereocenters. The summed E-state index contributed by atoms with van der Waals surface area (Å²) in [5.74, 6) is 0.642. The second kappa shape index (κ2) is 7.68. The first kappa shape index (κ1) is 21.1. The van der Waals surface area contributed by atoms with Crippen LogP contribution in [0.25, 0.3) is 28.1 Å². The Kier molecular flexibility index (Phi) is 5.07. The average molecular weight is 458 g/mol. The fourth-order valence-corrected chi connectivity index (χ4v) is 4.67. The maximum absolute atomic E-state index is 13.7. The lowest BCUT2D eigenvalue weighted by Crippen LogP contribution is -2.28. The number of nitrogens with zero attached hydrogens (tertiary/aromatic N) is 5. The Balaban J connectivity index is 1.70. The molecule has 1 aliphatic heterocycles. The zero-order chi connectivity index (χ0) is 22.6. The van der Waals surface area contributed by atoms with Crippen LogP contribution in [0.4, 0.5) is 0 Å². The molecule has 1 aromatic carbocycles. The summed E-state index contributed by atoms with van der Waals surface area (Å²) >= 11 is 6.51. The number of hydrogen-bond acceptors (Lipinski definition) is 7. The van der Waals surface area contributed by atoms with Crippen molar-refractivity contribution in [3.8, 4) is 11.5 Å². The summed E-state index contributed by atoms with van der Waals surface area (Å²) in [6.45, 7) is 6.33. The smallest absolute Gasteiger partial charge is 0.278 e. The van der Waals surface area contributed by atoms with Crippen LogP contribution in [-0.4, -0.2) is 43.4 Å². The van der Waals surface area contributed by atoms with Crippen LogP contribution in [0.1, 0.15) is 51.6 Å². The lowest BCUT2D eigenvalue weighted by Gasteiger charge is -2.19. The minimum atomic E-state index is -0.266. The molecule has 1 aliphatic rings. The van der Waals surface area contributed by atoms with E-state index >= 15 is 0 Å². The van der Waals surface area contributed by atoms with Gasteiger partial charge in [0.2, 0.25) is 5.82 Å². The number of ether oxygens (including phenoxy) is 2. The molecule has 2 unspecified atom stereocenters. The van der Waals surface area contributed by atoms with Gasteiger partial charge < -0.3 is 14.0 Å². The zero-order valence-corrected chi connectivity index (χ0v) is 19.1. The Hall–Kier alpha value is -2.75. The van der Waals surface area contributed by atoms with Gasteiger partial charge >= 0.3 is 0 Å². The van der Waals surface area contributed by atoms with Gasteiger partial charge in [-0.05, 0) is 45.7 Å². The van der Waals surface area contributed by atoms with Gasteiger partial charge in [-0.2, -0.15) is 4.98 Å². The first-order chi connectivity index (χ1) is 15.3. The van der Waals surface area contributed by atoms with Crippen LogP contribution in [0, 0.1) is 0 Å². The molecule has 32 heavy (non-hydrogen) atoms. The molecule has 168 valence electrons. The van der Waals surface area contributed by atoms with Crippen molar-refractivity contribution in [2.45, 2.75) is 51.4 Å². The fraction of sp³-hybridized carbons (Fsp3) is 0.455. The molecular formula is C22H24ClN5O4. The molecule has 1 fully saturated rings. The van der Waals surface area contributed by atoms with E-state index in [0.717, 1.165) is 18.4 Å². The topological polar surface area (TPSA) is 96.7 Å². The molecule has 4 aromatic rings. The third-order valence-corrected chi connectivity index (χ3v) is 6.21. The van der Waals surface area contributed by atoms with Gasteiger partial charge in [-0.25, -0.2) is 4.98 Å². The van der Waals surface area contributed by atoms with Crippen molar-refractivity contribution in [2.75, 3.05) is 13.7 Å². The largest absolute Gasteiger partial charge is 0.383 e. The Morgan fingerprint density at radius 1 is 1.34 bits per heavy atom. The molecule has 0 N–H and O–H groups in total. The second-order valence-electron chi connectivity index (χ2n) is 8.76. The van der Waals surface area contributed by atoms with Crippen LogP contribution in [0.2, 0.25) is 5.02 Å². The number of benzene rings is 1. The van der Waals surface area contributed by atoms with Crippen molar-refractivity contribution in [2.24, 2.45) is 0 Å². The highest BCUT2D eigenvalue weighted by molar-refractivity contribution is 6.35. The number of fused-ring (bicyclic) bond motifs is 3. The van der Waals surface area contributed by atoms with Crippen LogP contribution in [0.5, 0.6) is 0 Å². The van der Waals surface area contributed by atoms with E-state index in [1.54, 1.807) is 28.5 Å². The van der Waals surface area contributed by atoms with Crippen LogP contribution in [-0.2, 0) is 9.47 Å². The second-order valence-corrected chi connectivity index (χ2v) is 9.17. The van der Waals surface area contributed by atoms with Gasteiger partial charge in [0.15, 0.2) is 0 Å². The summed E-state index contributed by atoms with van der Waals surface area (Å²) in [4.78, 5) is 22.7. The van der Waals surface area contributed by atoms with Crippen molar-refractivity contribution in [1.29, 1.82) is 0 Å². The SMILES string of the molecule is COCC(C)n1c(=O)c2c(-c3noc(C4CCC(C)(C)O4)n3)ncn2c2cccc(Cl)c21. The van der Waals surface area contributed by atoms with Gasteiger partial charge in [0, 0.05) is 7.11 Å². The Bertz CT molecular complexity index is 1370. The van der Waals surface area contributed by atoms with Crippen LogP contribution < -0.4 is 5.56 Å². The monoisotopic (exact) mass is 457 g/mol. The fourth-order valence-electron chi connectivity index (χ4n) is 4.41. The van der Waals surface area contributed by atoms with E-state index in [1.807, 2.05) is 32.9 Å². The van der Waals surface area contributed by atoms with Crippen LogP contribution >= 0.6 is 11.6 Å². The first-order valence-corrected chi connectivity index (χ1v) is 10.9. The maximum atomic E-state index is 13.7. The van der Waals surface area contributed by atoms with Crippen molar-refractivity contribution in [3.05, 3.63) is 45.8 Å². The van der Waals surface area contributed by atoms with E-state index in [4.69, 9.17) is 25.6 Å². The minimum absolute atomic E-state index is 0.232. The van der Waals surface area contributed by atoms with Gasteiger partial charge in [0.25, 0.3) is 11.4 Å². The van der Waals surface area contributed by atoms with Gasteiger partial charge in [-0.3, -0.25) is 13.8 Å². The molecule has 0 bridgehead atoms. The first-order valence-electron chi connectivity index (χ1n) is 10.5. The number of aromatic nitrogens is 5. The number of rotatable bonds is 5. The third-order valence-electron chi connectivity index (χ3n) is 5.90. The van der Waals surface area contributed by atoms with Gasteiger partial charge in [0.05, 0.1) is 34.3 Å². The van der Waals surface area contributed by atoms with Crippen LogP contribution in [0.3, 0.4) is 0 Å². The van der Waals surface area contributed by atoms with E-state index in [0.29, 0.717) is 34.2 Å². The minimum Gasteiger partial charge on any atom is -0.383 e. The van der Waals surface area contributed by atoms with E-state index < -0.39 is 0 Å². The number of methoxy groups -OCH3 is 1. The molecular weight excluding hydrogens is 434 g/mol. The summed E-state index contributed by atoms with van der Waals surface area (Å²) in [6, 6.07) is 5.24. The summed E-state index contributed by atoms with van der Waals surface area (Å²) in [6.07, 6.45) is 3.01. The summed E-state index contributed by atoms with van der Waals surface area (Å²) in [5, 5.41) is 4.58. The van der Waals surface area contributed by atoms with Crippen molar-refractivity contribution >= 4 is 28.2 Å². The van der Waals surface area contributed by atoms with Gasteiger partial charge in [-0.15, -0.1) is 0 Å². The highest BCUT2D eigenvalue weighted by atomic mass is 35.5. The lowest BCUT2D eigenvalue weighted by molar-refractivity contribution is -0.0292. The molecule has 10 heteroatoms. The standard InChI is InChI=1S/C22H24ClN5O4/c1-12(10-30-4)28-17-13(23)6-5-7-14(17)27-11-24-16(18(27)21(28)29)19-25-20(32-26-19)15-8-9-22(2,3)31-15/h5-7,11-12,15H,8-10H2,1-4H3. The number of hydrogen-bond donors (Lipinski definition) is 0. The van der Waals surface area contributed by atoms with Gasteiger partial charge in [0.1, 0.15) is 23.6 Å². The van der Waals surface area contributed by atoms with E-state index in [2.05, 4.69) is 15.1 Å². The Morgan fingerprint density at radius 3 is 2.88 bits per heavy atom. The quantitative estimate of drug-likeness (QED) is 0.443. The predicted octanol–water partition coefficient (Wildman–Crippen LogP) is 4.19. The highest BCUT2D eigenvalue weighted by Gasteiger charge is 2.36. The molecule has 9 nitrogen and oxygen atoms in total. The lowest BCUT2D eigenvalue weighted by atomic mass is 10.1. The average Bonchev–Trinajstić information content (AvgIpc) is 3.46. The number of para-hydroxylation sites is 1. The molecule has 0 radical (unpaired) electrons. The zero-order valence-electron chi connectivity index (χ0n) is 18.3. The van der Waals surface area contributed by atoms with Gasteiger partial charge in [-0.1, -0.05) is 22.8 Å². The molecule has 1 saturated heterocycles. The summed E-state index contributed by atoms with van der Waals surface area (Å²) in [5.41, 5.74) is 1.58. The normalized spacial score (nSPS) is 19.2. The maximum Gasteiger partial charge on any atom is 0.278 e. The van der Waals surface area contributed by atoms with Crippen molar-refractivity contribution in [3.63, 3.8) is 0 Å². The number of halogens is 1. The highest BCUT2D eigenvalue weighted by Crippen LogP contribution is 2.39. The Labute approximate surface area is 188 Å². The molecule has 0 spiro atoms. The summed E-state index contributed by atoms with van der Waals surface area (Å²) < 4.78 is 20.2. The summed E-state index contributed by atoms with van der Waals surface area (Å²) in [7, 11) is 1.60.